The molecular weight excluding hydrogens is 169 g/mol. The van der Waals surface area contributed by atoms with Gasteiger partial charge < -0.3 is 4.98 Å². The van der Waals surface area contributed by atoms with Crippen molar-refractivity contribution in [3.05, 3.63) is 35.3 Å². The van der Waals surface area contributed by atoms with Crippen LogP contribution in [0.1, 0.15) is 16.1 Å². The Kier molecular flexibility index (Phi) is 1.65. The fourth-order valence-electron chi connectivity index (χ4n) is 1.41. The normalized spacial score (nSPS) is 10.6. The van der Waals surface area contributed by atoms with Gasteiger partial charge in [-0.15, -0.1) is 0 Å². The summed E-state index contributed by atoms with van der Waals surface area (Å²) in [5.41, 5.74) is 1.84. The molecule has 0 atom stereocenters. The monoisotopic (exact) mass is 177 g/mol. The molecule has 1 aromatic heterocycles. The van der Waals surface area contributed by atoms with Crippen molar-refractivity contribution >= 4 is 17.2 Å². The third kappa shape index (κ3) is 1.22. The topological polar surface area (TPSA) is 32.9 Å². The minimum absolute atomic E-state index is 0.0920. The molecule has 1 aromatic carbocycles. The van der Waals surface area contributed by atoms with Crippen molar-refractivity contribution in [1.82, 2.24) is 4.98 Å². The Labute approximate surface area is 74.4 Å². The van der Waals surface area contributed by atoms with Crippen molar-refractivity contribution in [3.8, 4) is 0 Å². The molecule has 2 rings (SSSR count). The van der Waals surface area contributed by atoms with Gasteiger partial charge in [-0.1, -0.05) is 0 Å². The number of hydrogen-bond donors (Lipinski definition) is 1. The Morgan fingerprint density at radius 2 is 2.15 bits per heavy atom. The Bertz CT molecular complexity index is 473. The molecule has 2 nitrogen and oxygen atoms in total. The second kappa shape index (κ2) is 2.69. The van der Waals surface area contributed by atoms with E-state index < -0.39 is 5.82 Å². The quantitative estimate of drug-likeness (QED) is 0.666. The number of H-pyrrole nitrogens is 1. The predicted octanol–water partition coefficient (Wildman–Crippen LogP) is 2.43. The molecule has 0 saturated heterocycles. The van der Waals surface area contributed by atoms with Gasteiger partial charge >= 0.3 is 0 Å². The van der Waals surface area contributed by atoms with Crippen molar-refractivity contribution in [2.24, 2.45) is 0 Å². The number of carbonyl (C=O) groups excluding carboxylic acids is 1. The fraction of sp³-hybridized carbons (Fsp3) is 0.100. The molecule has 0 radical (unpaired) electrons. The van der Waals surface area contributed by atoms with Crippen LogP contribution in [-0.2, 0) is 0 Å². The van der Waals surface area contributed by atoms with Crippen LogP contribution in [0.25, 0.3) is 10.9 Å². The number of nitrogens with one attached hydrogen (secondary N) is 1. The first-order chi connectivity index (χ1) is 6.20. The third-order valence-electron chi connectivity index (χ3n) is 2.00. The lowest BCUT2D eigenvalue weighted by molar-refractivity contribution is 0.112. The molecule has 0 aliphatic carbocycles. The number of hydrogen-bond acceptors (Lipinski definition) is 1. The van der Waals surface area contributed by atoms with E-state index in [0.29, 0.717) is 6.29 Å². The summed E-state index contributed by atoms with van der Waals surface area (Å²) in [6, 6.07) is 4.72. The van der Waals surface area contributed by atoms with Gasteiger partial charge in [-0.2, -0.15) is 0 Å². The first kappa shape index (κ1) is 7.98. The number of aromatic nitrogens is 1. The van der Waals surface area contributed by atoms with Crippen LogP contribution < -0.4 is 0 Å². The number of aldehydes is 1. The fourth-order valence-corrected chi connectivity index (χ4v) is 1.41. The van der Waals surface area contributed by atoms with Gasteiger partial charge in [0.2, 0.25) is 0 Å². The van der Waals surface area contributed by atoms with Crippen LogP contribution in [0, 0.1) is 12.7 Å². The maximum Gasteiger partial charge on any atom is 0.153 e. The summed E-state index contributed by atoms with van der Waals surface area (Å²) in [6.07, 6.45) is 0.519. The summed E-state index contributed by atoms with van der Waals surface area (Å²) in [5, 5.41) is 0.792. The van der Waals surface area contributed by atoms with E-state index in [2.05, 4.69) is 4.98 Å². The summed E-state index contributed by atoms with van der Waals surface area (Å²) in [6.45, 7) is 1.89. The van der Waals surface area contributed by atoms with Gasteiger partial charge in [0.25, 0.3) is 0 Å². The second-order valence-corrected chi connectivity index (χ2v) is 3.03. The molecule has 66 valence electrons. The maximum absolute atomic E-state index is 13.1. The van der Waals surface area contributed by atoms with Crippen molar-refractivity contribution in [3.63, 3.8) is 0 Å². The van der Waals surface area contributed by atoms with E-state index in [1.165, 1.54) is 12.1 Å². The van der Waals surface area contributed by atoms with E-state index in [-0.39, 0.29) is 5.56 Å². The molecule has 2 aromatic rings. The van der Waals surface area contributed by atoms with Crippen LogP contribution in [0.5, 0.6) is 0 Å². The van der Waals surface area contributed by atoms with Crippen molar-refractivity contribution in [2.45, 2.75) is 6.92 Å². The second-order valence-electron chi connectivity index (χ2n) is 3.03. The average molecular weight is 177 g/mol. The summed E-state index contributed by atoms with van der Waals surface area (Å²) in [5.74, 6) is -0.471. The lowest BCUT2D eigenvalue weighted by Crippen LogP contribution is -1.86. The molecule has 13 heavy (non-hydrogen) atoms. The lowest BCUT2D eigenvalue weighted by atomic mass is 10.1. The van der Waals surface area contributed by atoms with E-state index in [4.69, 9.17) is 0 Å². The molecule has 0 aliphatic rings. The SMILES string of the molecule is Cc1cc2cc(F)c(C=O)cc2[nH]1. The predicted molar refractivity (Wildman–Crippen MR) is 48.4 cm³/mol. The van der Waals surface area contributed by atoms with E-state index in [1.54, 1.807) is 0 Å². The Balaban J connectivity index is 2.79. The van der Waals surface area contributed by atoms with Crippen LogP contribution in [0.15, 0.2) is 18.2 Å². The van der Waals surface area contributed by atoms with Gasteiger partial charge in [0.15, 0.2) is 6.29 Å². The number of aryl methyl sites for hydroxylation is 1. The number of aromatic amines is 1. The average Bonchev–Trinajstić information content (AvgIpc) is 2.42. The highest BCUT2D eigenvalue weighted by molar-refractivity contribution is 5.87. The number of rotatable bonds is 1. The third-order valence-corrected chi connectivity index (χ3v) is 2.00. The van der Waals surface area contributed by atoms with Gasteiger partial charge in [-0.05, 0) is 25.1 Å². The van der Waals surface area contributed by atoms with E-state index in [9.17, 15) is 9.18 Å². The Morgan fingerprint density at radius 3 is 2.85 bits per heavy atom. The molecule has 0 aliphatic heterocycles. The summed E-state index contributed by atoms with van der Waals surface area (Å²) in [7, 11) is 0. The van der Waals surface area contributed by atoms with Crippen LogP contribution in [0.4, 0.5) is 4.39 Å². The highest BCUT2D eigenvalue weighted by atomic mass is 19.1. The molecule has 0 bridgehead atoms. The van der Waals surface area contributed by atoms with Crippen LogP contribution in [-0.4, -0.2) is 11.3 Å². The first-order valence-corrected chi connectivity index (χ1v) is 3.95. The number of halogens is 1. The smallest absolute Gasteiger partial charge is 0.153 e. The highest BCUT2D eigenvalue weighted by Crippen LogP contribution is 2.18. The van der Waals surface area contributed by atoms with Gasteiger partial charge in [0.1, 0.15) is 5.82 Å². The zero-order valence-corrected chi connectivity index (χ0v) is 7.10. The zero-order valence-electron chi connectivity index (χ0n) is 7.10. The maximum atomic E-state index is 13.1. The standard InChI is InChI=1S/C10H8FNO/c1-6-2-7-3-9(11)8(5-13)4-10(7)12-6/h2-5,12H,1H3. The summed E-state index contributed by atoms with van der Waals surface area (Å²) < 4.78 is 13.1. The Morgan fingerprint density at radius 1 is 1.38 bits per heavy atom. The van der Waals surface area contributed by atoms with Crippen molar-refractivity contribution < 1.29 is 9.18 Å². The minimum atomic E-state index is -0.471. The highest BCUT2D eigenvalue weighted by Gasteiger charge is 2.04. The number of carbonyl (C=O) groups is 1. The zero-order chi connectivity index (χ0) is 9.42. The lowest BCUT2D eigenvalue weighted by Gasteiger charge is -1.94. The minimum Gasteiger partial charge on any atom is -0.359 e. The molecule has 0 saturated carbocycles. The van der Waals surface area contributed by atoms with Crippen molar-refractivity contribution in [2.75, 3.05) is 0 Å². The van der Waals surface area contributed by atoms with E-state index in [1.807, 2.05) is 13.0 Å². The van der Waals surface area contributed by atoms with E-state index >= 15 is 0 Å². The van der Waals surface area contributed by atoms with Crippen LogP contribution >= 0.6 is 0 Å². The van der Waals surface area contributed by atoms with Gasteiger partial charge in [-0.3, -0.25) is 4.79 Å². The van der Waals surface area contributed by atoms with Gasteiger partial charge in [0, 0.05) is 16.6 Å². The molecule has 3 heteroatoms. The van der Waals surface area contributed by atoms with Crippen LogP contribution in [0.2, 0.25) is 0 Å². The van der Waals surface area contributed by atoms with Gasteiger partial charge in [-0.25, -0.2) is 4.39 Å². The molecule has 1 heterocycles. The molecule has 1 N–H and O–H groups in total. The van der Waals surface area contributed by atoms with Gasteiger partial charge in [0.05, 0.1) is 5.56 Å². The molecular formula is C10H8FNO. The molecule has 0 amide bonds. The van der Waals surface area contributed by atoms with E-state index in [0.717, 1.165) is 16.6 Å². The number of fused-ring (bicyclic) bond motifs is 1. The van der Waals surface area contributed by atoms with Crippen LogP contribution in [0.3, 0.4) is 0 Å². The summed E-state index contributed by atoms with van der Waals surface area (Å²) >= 11 is 0. The Hall–Kier alpha value is -1.64. The molecule has 0 fully saturated rings. The first-order valence-electron chi connectivity index (χ1n) is 3.95. The van der Waals surface area contributed by atoms with Crippen molar-refractivity contribution in [1.29, 1.82) is 0 Å². The molecule has 0 spiro atoms. The number of benzene rings is 1. The molecule has 0 unspecified atom stereocenters. The summed E-state index contributed by atoms with van der Waals surface area (Å²) in [4.78, 5) is 13.5. The largest absolute Gasteiger partial charge is 0.359 e.